The van der Waals surface area contributed by atoms with Gasteiger partial charge in [-0.15, -0.1) is 0 Å². The Morgan fingerprint density at radius 2 is 1.67 bits per heavy atom. The molecule has 1 N–H and O–H groups in total. The number of benzene rings is 2. The number of nitrogens with one attached hydrogen (secondary N) is 1. The number of aryl methyl sites for hydroxylation is 2. The predicted molar refractivity (Wildman–Crippen MR) is 111 cm³/mol. The summed E-state index contributed by atoms with van der Waals surface area (Å²) in [5.74, 6) is -0.551. The van der Waals surface area contributed by atoms with E-state index in [0.29, 0.717) is 6.42 Å². The molecule has 0 spiro atoms. The summed E-state index contributed by atoms with van der Waals surface area (Å²) < 4.78 is 63.4. The molecule has 1 amide bonds. The van der Waals surface area contributed by atoms with Crippen molar-refractivity contribution in [3.05, 3.63) is 64.7 Å². The molecule has 2 aromatic carbocycles. The van der Waals surface area contributed by atoms with Gasteiger partial charge in [-0.1, -0.05) is 25.1 Å². The first-order valence-corrected chi connectivity index (χ1v) is 11.2. The Kier molecular flexibility index (Phi) is 7.18. The fourth-order valence-corrected chi connectivity index (χ4v) is 3.85. The highest BCUT2D eigenvalue weighted by molar-refractivity contribution is 7.92. The first-order chi connectivity index (χ1) is 13.8. The zero-order chi connectivity index (χ0) is 22.7. The summed E-state index contributed by atoms with van der Waals surface area (Å²) in [7, 11) is -3.89. The van der Waals surface area contributed by atoms with Gasteiger partial charge in [-0.25, -0.2) is 8.42 Å². The van der Waals surface area contributed by atoms with Crippen molar-refractivity contribution in [2.45, 2.75) is 39.4 Å². The van der Waals surface area contributed by atoms with Crippen LogP contribution in [0.4, 0.5) is 18.9 Å². The Balaban J connectivity index is 2.22. The van der Waals surface area contributed by atoms with Gasteiger partial charge in [0.05, 0.1) is 23.5 Å². The van der Waals surface area contributed by atoms with Gasteiger partial charge < -0.3 is 5.32 Å². The molecule has 0 fully saturated rings. The number of nitrogens with zero attached hydrogens (tertiary/aromatic N) is 1. The largest absolute Gasteiger partial charge is 0.416 e. The van der Waals surface area contributed by atoms with Gasteiger partial charge in [0.15, 0.2) is 0 Å². The number of hydrogen-bond acceptors (Lipinski definition) is 3. The number of amides is 1. The number of halogens is 3. The maximum atomic E-state index is 12.8. The summed E-state index contributed by atoms with van der Waals surface area (Å²) in [5.41, 5.74) is 2.17. The maximum Gasteiger partial charge on any atom is 0.416 e. The fraction of sp³-hybridized carbons (Fsp3) is 0.381. The summed E-state index contributed by atoms with van der Waals surface area (Å²) in [6, 6.07) is 9.16. The quantitative estimate of drug-likeness (QED) is 0.693. The number of sulfonamides is 1. The van der Waals surface area contributed by atoms with Crippen molar-refractivity contribution in [2.24, 2.45) is 0 Å². The topological polar surface area (TPSA) is 66.5 Å². The highest BCUT2D eigenvalue weighted by Gasteiger charge is 2.31. The summed E-state index contributed by atoms with van der Waals surface area (Å²) >= 11 is 0. The molecule has 0 aliphatic rings. The van der Waals surface area contributed by atoms with Gasteiger partial charge in [0.2, 0.25) is 15.9 Å². The standard InChI is InChI=1S/C21H25F3N2O3S/c1-5-19(16-7-6-14(2)15(3)12-16)25-20(27)13-26(30(4,28)29)18-10-8-17(9-11-18)21(22,23)24/h6-12,19H,5,13H2,1-4H3,(H,25,27)/t19-/m0/s1. The molecule has 0 aliphatic heterocycles. The van der Waals surface area contributed by atoms with Crippen molar-refractivity contribution in [2.75, 3.05) is 17.1 Å². The lowest BCUT2D eigenvalue weighted by Crippen LogP contribution is -2.41. The van der Waals surface area contributed by atoms with Crippen LogP contribution in [0.25, 0.3) is 0 Å². The van der Waals surface area contributed by atoms with E-state index >= 15 is 0 Å². The van der Waals surface area contributed by atoms with E-state index < -0.39 is 34.2 Å². The molecule has 30 heavy (non-hydrogen) atoms. The lowest BCUT2D eigenvalue weighted by Gasteiger charge is -2.24. The smallest absolute Gasteiger partial charge is 0.348 e. The van der Waals surface area contributed by atoms with Gasteiger partial charge in [0, 0.05) is 0 Å². The minimum atomic E-state index is -4.54. The fourth-order valence-electron chi connectivity index (χ4n) is 2.99. The number of alkyl halides is 3. The van der Waals surface area contributed by atoms with Crippen LogP contribution in [0.15, 0.2) is 42.5 Å². The van der Waals surface area contributed by atoms with Gasteiger partial charge in [-0.2, -0.15) is 13.2 Å². The number of carbonyl (C=O) groups excluding carboxylic acids is 1. The number of anilines is 1. The Hall–Kier alpha value is -2.55. The van der Waals surface area contributed by atoms with E-state index in [1.54, 1.807) is 0 Å². The zero-order valence-electron chi connectivity index (χ0n) is 17.2. The summed E-state index contributed by atoms with van der Waals surface area (Å²) in [6.07, 6.45) is -3.04. The van der Waals surface area contributed by atoms with Crippen molar-refractivity contribution in [1.82, 2.24) is 5.32 Å². The summed E-state index contributed by atoms with van der Waals surface area (Å²) in [6.45, 7) is 5.30. The molecule has 0 aliphatic carbocycles. The van der Waals surface area contributed by atoms with Crippen molar-refractivity contribution in [1.29, 1.82) is 0 Å². The van der Waals surface area contributed by atoms with Crippen LogP contribution in [0.3, 0.4) is 0 Å². The van der Waals surface area contributed by atoms with Crippen LogP contribution in [0.2, 0.25) is 0 Å². The molecule has 0 aromatic heterocycles. The second-order valence-electron chi connectivity index (χ2n) is 7.19. The monoisotopic (exact) mass is 442 g/mol. The number of hydrogen-bond donors (Lipinski definition) is 1. The maximum absolute atomic E-state index is 12.8. The molecule has 1 atom stereocenters. The lowest BCUT2D eigenvalue weighted by atomic mass is 9.99. The zero-order valence-corrected chi connectivity index (χ0v) is 18.1. The van der Waals surface area contributed by atoms with Gasteiger partial charge in [-0.3, -0.25) is 9.10 Å². The SMILES string of the molecule is CC[C@H](NC(=O)CN(c1ccc(C(F)(F)F)cc1)S(C)(=O)=O)c1ccc(C)c(C)c1. The third kappa shape index (κ3) is 5.98. The van der Waals surface area contributed by atoms with Crippen molar-refractivity contribution in [3.63, 3.8) is 0 Å². The minimum Gasteiger partial charge on any atom is -0.348 e. The lowest BCUT2D eigenvalue weighted by molar-refractivity contribution is -0.137. The Morgan fingerprint density at radius 3 is 2.13 bits per heavy atom. The molecule has 0 saturated heterocycles. The van der Waals surface area contributed by atoms with Crippen molar-refractivity contribution < 1.29 is 26.4 Å². The van der Waals surface area contributed by atoms with Crippen LogP contribution in [-0.4, -0.2) is 27.1 Å². The molecular formula is C21H25F3N2O3S. The van der Waals surface area contributed by atoms with Crippen LogP contribution in [0.1, 0.15) is 41.6 Å². The van der Waals surface area contributed by atoms with Crippen molar-refractivity contribution in [3.8, 4) is 0 Å². The molecule has 0 radical (unpaired) electrons. The van der Waals surface area contributed by atoms with E-state index in [-0.39, 0.29) is 11.7 Å². The normalized spacial score (nSPS) is 13.0. The van der Waals surface area contributed by atoms with Gasteiger partial charge >= 0.3 is 6.18 Å². The number of rotatable bonds is 7. The Morgan fingerprint density at radius 1 is 1.07 bits per heavy atom. The van der Waals surface area contributed by atoms with E-state index in [1.807, 2.05) is 39.0 Å². The molecule has 2 rings (SSSR count). The minimum absolute atomic E-state index is 0.0140. The third-order valence-corrected chi connectivity index (χ3v) is 5.99. The van der Waals surface area contributed by atoms with Crippen molar-refractivity contribution >= 4 is 21.6 Å². The molecule has 164 valence electrons. The van der Waals surface area contributed by atoms with Crippen LogP contribution >= 0.6 is 0 Å². The van der Waals surface area contributed by atoms with E-state index in [0.717, 1.165) is 51.5 Å². The first-order valence-electron chi connectivity index (χ1n) is 9.34. The third-order valence-electron chi connectivity index (χ3n) is 4.85. The van der Waals surface area contributed by atoms with Gasteiger partial charge in [0.25, 0.3) is 0 Å². The second kappa shape index (κ2) is 9.07. The molecule has 0 bridgehead atoms. The Labute approximate surface area is 175 Å². The molecular weight excluding hydrogens is 417 g/mol. The van der Waals surface area contributed by atoms with E-state index in [4.69, 9.17) is 0 Å². The van der Waals surface area contributed by atoms with E-state index in [9.17, 15) is 26.4 Å². The highest BCUT2D eigenvalue weighted by atomic mass is 32.2. The Bertz CT molecular complexity index is 1000. The average molecular weight is 443 g/mol. The second-order valence-corrected chi connectivity index (χ2v) is 9.09. The summed E-state index contributed by atoms with van der Waals surface area (Å²) in [5, 5.41) is 2.81. The first kappa shape index (κ1) is 23.7. The van der Waals surface area contributed by atoms with Crippen LogP contribution in [0.5, 0.6) is 0 Å². The van der Waals surface area contributed by atoms with E-state index in [2.05, 4.69) is 5.32 Å². The van der Waals surface area contributed by atoms with Crippen LogP contribution < -0.4 is 9.62 Å². The molecule has 2 aromatic rings. The molecule has 0 unspecified atom stereocenters. The summed E-state index contributed by atoms with van der Waals surface area (Å²) in [4.78, 5) is 12.6. The molecule has 5 nitrogen and oxygen atoms in total. The van der Waals surface area contributed by atoms with Gasteiger partial charge in [-0.05, 0) is 61.2 Å². The molecule has 0 saturated carbocycles. The number of carbonyl (C=O) groups is 1. The van der Waals surface area contributed by atoms with Gasteiger partial charge in [0.1, 0.15) is 6.54 Å². The highest BCUT2D eigenvalue weighted by Crippen LogP contribution is 2.31. The molecule has 9 heteroatoms. The van der Waals surface area contributed by atoms with Crippen LogP contribution in [0, 0.1) is 13.8 Å². The van der Waals surface area contributed by atoms with Crippen LogP contribution in [-0.2, 0) is 21.0 Å². The molecule has 0 heterocycles. The van der Waals surface area contributed by atoms with E-state index in [1.165, 1.54) is 0 Å². The average Bonchev–Trinajstić information content (AvgIpc) is 2.65. The predicted octanol–water partition coefficient (Wildman–Crippen LogP) is 4.36.